The van der Waals surface area contributed by atoms with Crippen LogP contribution in [0, 0.1) is 0 Å². The first kappa shape index (κ1) is 7.32. The molecule has 0 atom stereocenters. The molecule has 3 aromatic rings. The van der Waals surface area contributed by atoms with Crippen molar-refractivity contribution in [1.29, 1.82) is 0 Å². The van der Waals surface area contributed by atoms with Crippen molar-refractivity contribution in [2.45, 2.75) is 0 Å². The average Bonchev–Trinajstić information content (AvgIpc) is 2.86. The van der Waals surface area contributed by atoms with Gasteiger partial charge in [-0.2, -0.15) is 5.10 Å². The Morgan fingerprint density at radius 2 is 2.14 bits per heavy atom. The molecule has 0 unspecified atom stereocenters. The van der Waals surface area contributed by atoms with Gasteiger partial charge in [-0.3, -0.25) is 0 Å². The molecular weight excluding hydrogens is 176 g/mol. The minimum absolute atomic E-state index is 0.934. The third-order valence-electron chi connectivity index (χ3n) is 2.18. The quantitative estimate of drug-likeness (QED) is 0.626. The van der Waals surface area contributed by atoms with Gasteiger partial charge >= 0.3 is 0 Å². The molecule has 0 aliphatic carbocycles. The lowest BCUT2D eigenvalue weighted by Gasteiger charge is -1.92. The maximum Gasteiger partial charge on any atom is 0.138 e. The second kappa shape index (κ2) is 2.70. The molecule has 0 amide bonds. The number of hydrogen-bond acceptors (Lipinski definition) is 2. The molecule has 0 fully saturated rings. The van der Waals surface area contributed by atoms with Gasteiger partial charge in [0, 0.05) is 10.9 Å². The van der Waals surface area contributed by atoms with Crippen LogP contribution >= 0.6 is 0 Å². The van der Waals surface area contributed by atoms with Gasteiger partial charge in [0.05, 0.1) is 0 Å². The Kier molecular flexibility index (Phi) is 1.41. The molecular formula is C10H8N4. The van der Waals surface area contributed by atoms with Crippen LogP contribution in [0.2, 0.25) is 0 Å². The zero-order chi connectivity index (χ0) is 9.38. The second-order valence-corrected chi connectivity index (χ2v) is 3.08. The lowest BCUT2D eigenvalue weighted by atomic mass is 10.2. The highest BCUT2D eigenvalue weighted by Crippen LogP contribution is 2.16. The normalized spacial score (nSPS) is 10.9. The molecule has 4 heteroatoms. The molecule has 2 heterocycles. The van der Waals surface area contributed by atoms with Crippen LogP contribution in [0.15, 0.2) is 43.0 Å². The third kappa shape index (κ3) is 1.01. The number of rotatable bonds is 1. The van der Waals surface area contributed by atoms with E-state index in [1.54, 1.807) is 11.0 Å². The van der Waals surface area contributed by atoms with E-state index in [4.69, 9.17) is 0 Å². The number of fused-ring (bicyclic) bond motifs is 1. The number of para-hydroxylation sites is 1. The van der Waals surface area contributed by atoms with Gasteiger partial charge in [0.25, 0.3) is 0 Å². The zero-order valence-corrected chi connectivity index (χ0v) is 7.38. The van der Waals surface area contributed by atoms with Crippen molar-refractivity contribution in [2.75, 3.05) is 0 Å². The number of nitrogens with zero attached hydrogens (tertiary/aromatic N) is 3. The van der Waals surface area contributed by atoms with Crippen molar-refractivity contribution in [3.05, 3.63) is 43.0 Å². The summed E-state index contributed by atoms with van der Waals surface area (Å²) in [5, 5.41) is 5.23. The van der Waals surface area contributed by atoms with Crippen LogP contribution in [0.4, 0.5) is 0 Å². The Hall–Kier alpha value is -2.10. The average molecular weight is 184 g/mol. The van der Waals surface area contributed by atoms with Crippen molar-refractivity contribution < 1.29 is 0 Å². The van der Waals surface area contributed by atoms with E-state index in [0.29, 0.717) is 0 Å². The number of aromatic nitrogens is 4. The number of H-pyrrole nitrogens is 1. The van der Waals surface area contributed by atoms with Gasteiger partial charge in [-0.1, -0.05) is 18.2 Å². The van der Waals surface area contributed by atoms with Crippen molar-refractivity contribution in [3.63, 3.8) is 0 Å². The first-order valence-electron chi connectivity index (χ1n) is 4.36. The van der Waals surface area contributed by atoms with Crippen molar-refractivity contribution in [3.8, 4) is 5.82 Å². The molecule has 68 valence electrons. The van der Waals surface area contributed by atoms with E-state index >= 15 is 0 Å². The van der Waals surface area contributed by atoms with E-state index < -0.39 is 0 Å². The summed E-state index contributed by atoms with van der Waals surface area (Å²) >= 11 is 0. The lowest BCUT2D eigenvalue weighted by Crippen LogP contribution is -1.93. The highest BCUT2D eigenvalue weighted by Gasteiger charge is 2.01. The fourth-order valence-electron chi connectivity index (χ4n) is 1.51. The van der Waals surface area contributed by atoms with E-state index in [2.05, 4.69) is 21.1 Å². The number of aromatic amines is 1. The molecule has 0 saturated heterocycles. The first-order chi connectivity index (χ1) is 6.93. The van der Waals surface area contributed by atoms with Gasteiger partial charge in [-0.25, -0.2) is 9.67 Å². The molecule has 3 rings (SSSR count). The van der Waals surface area contributed by atoms with Gasteiger partial charge in [0.2, 0.25) is 0 Å². The largest absolute Gasteiger partial charge is 0.340 e. The summed E-state index contributed by atoms with van der Waals surface area (Å²) in [6.07, 6.45) is 3.19. The maximum atomic E-state index is 4.06. The molecule has 0 aliphatic heterocycles. The minimum Gasteiger partial charge on any atom is -0.340 e. The van der Waals surface area contributed by atoms with Crippen molar-refractivity contribution >= 4 is 10.9 Å². The smallest absolute Gasteiger partial charge is 0.138 e. The molecule has 14 heavy (non-hydrogen) atoms. The molecule has 0 saturated carbocycles. The highest BCUT2D eigenvalue weighted by atomic mass is 15.3. The van der Waals surface area contributed by atoms with Gasteiger partial charge < -0.3 is 4.98 Å². The standard InChI is InChI=1S/C10H8N4/c1-2-4-9-8(3-1)5-10(13-9)14-7-11-6-12-14/h1-7,13H. The maximum absolute atomic E-state index is 4.06. The Labute approximate surface area is 80.2 Å². The lowest BCUT2D eigenvalue weighted by molar-refractivity contribution is 0.856. The number of nitrogens with one attached hydrogen (secondary N) is 1. The highest BCUT2D eigenvalue weighted by molar-refractivity contribution is 5.81. The van der Waals surface area contributed by atoms with Crippen LogP contribution < -0.4 is 0 Å². The van der Waals surface area contributed by atoms with Gasteiger partial charge in [-0.05, 0) is 12.1 Å². The monoisotopic (exact) mass is 184 g/mol. The zero-order valence-electron chi connectivity index (χ0n) is 7.38. The minimum atomic E-state index is 0.934. The van der Waals surface area contributed by atoms with Crippen LogP contribution in [0.25, 0.3) is 16.7 Å². The SMILES string of the molecule is c1ccc2[nH]c(-n3cncn3)cc2c1. The Balaban J connectivity index is 2.24. The fourth-order valence-corrected chi connectivity index (χ4v) is 1.51. The van der Waals surface area contributed by atoms with Crippen LogP contribution in [0.3, 0.4) is 0 Å². The van der Waals surface area contributed by atoms with E-state index in [1.165, 1.54) is 11.7 Å². The molecule has 2 aromatic heterocycles. The molecule has 0 bridgehead atoms. The molecule has 1 aromatic carbocycles. The molecule has 1 N–H and O–H groups in total. The van der Waals surface area contributed by atoms with Gasteiger partial charge in [-0.15, -0.1) is 0 Å². The Morgan fingerprint density at radius 3 is 2.93 bits per heavy atom. The van der Waals surface area contributed by atoms with E-state index in [0.717, 1.165) is 11.3 Å². The summed E-state index contributed by atoms with van der Waals surface area (Å²) in [7, 11) is 0. The van der Waals surface area contributed by atoms with Crippen LogP contribution in [0.1, 0.15) is 0 Å². The van der Waals surface area contributed by atoms with Gasteiger partial charge in [0.1, 0.15) is 18.5 Å². The van der Waals surface area contributed by atoms with Gasteiger partial charge in [0.15, 0.2) is 0 Å². The first-order valence-corrected chi connectivity index (χ1v) is 4.36. The van der Waals surface area contributed by atoms with Crippen molar-refractivity contribution in [2.24, 2.45) is 0 Å². The van der Waals surface area contributed by atoms with Crippen LogP contribution in [0.5, 0.6) is 0 Å². The predicted octanol–water partition coefficient (Wildman–Crippen LogP) is 1.75. The molecule has 0 aliphatic rings. The molecule has 0 radical (unpaired) electrons. The second-order valence-electron chi connectivity index (χ2n) is 3.08. The predicted molar refractivity (Wildman–Crippen MR) is 53.2 cm³/mol. The third-order valence-corrected chi connectivity index (χ3v) is 2.18. The van der Waals surface area contributed by atoms with E-state index in [-0.39, 0.29) is 0 Å². The van der Waals surface area contributed by atoms with Crippen LogP contribution in [-0.2, 0) is 0 Å². The summed E-state index contributed by atoms with van der Waals surface area (Å²) in [5.41, 5.74) is 1.11. The number of benzene rings is 1. The summed E-state index contributed by atoms with van der Waals surface area (Å²) in [6.45, 7) is 0. The molecule has 4 nitrogen and oxygen atoms in total. The van der Waals surface area contributed by atoms with Crippen molar-refractivity contribution in [1.82, 2.24) is 19.7 Å². The summed E-state index contributed by atoms with van der Waals surface area (Å²) in [4.78, 5) is 7.16. The number of hydrogen-bond donors (Lipinski definition) is 1. The topological polar surface area (TPSA) is 46.5 Å². The summed E-state index contributed by atoms with van der Waals surface area (Å²) in [5.74, 6) is 0.934. The Bertz CT molecular complexity index is 517. The van der Waals surface area contributed by atoms with E-state index in [9.17, 15) is 0 Å². The summed E-state index contributed by atoms with van der Waals surface area (Å²) < 4.78 is 1.71. The summed E-state index contributed by atoms with van der Waals surface area (Å²) in [6, 6.07) is 10.2. The molecule has 0 spiro atoms. The fraction of sp³-hybridized carbons (Fsp3) is 0. The Morgan fingerprint density at radius 1 is 1.21 bits per heavy atom. The van der Waals surface area contributed by atoms with Crippen LogP contribution in [-0.4, -0.2) is 19.7 Å². The van der Waals surface area contributed by atoms with E-state index in [1.807, 2.05) is 24.3 Å².